The molecule has 1 aromatic heterocycles. The van der Waals surface area contributed by atoms with E-state index in [1.165, 1.54) is 20.0 Å². The summed E-state index contributed by atoms with van der Waals surface area (Å²) >= 11 is 0. The minimum Gasteiger partial charge on any atom is -0.467 e. The topological polar surface area (TPSA) is 55.3 Å². The van der Waals surface area contributed by atoms with Crippen LogP contribution in [0.4, 0.5) is 0 Å². The quantitative estimate of drug-likeness (QED) is 0.786. The Balaban J connectivity index is 1.63. The van der Waals surface area contributed by atoms with Crippen LogP contribution in [0.15, 0.2) is 18.5 Å². The van der Waals surface area contributed by atoms with E-state index in [0.29, 0.717) is 12.1 Å². The number of amides is 1. The van der Waals surface area contributed by atoms with E-state index < -0.39 is 0 Å². The molecule has 1 saturated heterocycles. The Bertz CT molecular complexity index is 508. The largest absolute Gasteiger partial charge is 0.467 e. The molecule has 5 heteroatoms. The van der Waals surface area contributed by atoms with Crippen LogP contribution in [0, 0.1) is 5.92 Å². The summed E-state index contributed by atoms with van der Waals surface area (Å²) in [5.74, 6) is 0.856. The highest BCUT2D eigenvalue weighted by atomic mass is 16.5. The maximum absolute atomic E-state index is 12.3. The lowest BCUT2D eigenvalue weighted by Gasteiger charge is -2.23. The van der Waals surface area contributed by atoms with E-state index >= 15 is 0 Å². The van der Waals surface area contributed by atoms with Crippen LogP contribution >= 0.6 is 0 Å². The second-order valence-electron chi connectivity index (χ2n) is 5.42. The third-order valence-electron chi connectivity index (χ3n) is 4.00. The molecule has 0 bridgehead atoms. The summed E-state index contributed by atoms with van der Waals surface area (Å²) in [4.78, 5) is 22.3. The van der Waals surface area contributed by atoms with Crippen LogP contribution in [-0.4, -0.2) is 40.5 Å². The zero-order chi connectivity index (χ0) is 13.9. The first kappa shape index (κ1) is 13.1. The normalized spacial score (nSPS) is 22.4. The molecule has 5 nitrogen and oxygen atoms in total. The predicted molar refractivity (Wildman–Crippen MR) is 75.1 cm³/mol. The van der Waals surface area contributed by atoms with Crippen LogP contribution in [-0.2, 0) is 4.79 Å². The molecule has 0 spiro atoms. The van der Waals surface area contributed by atoms with Gasteiger partial charge in [-0.05, 0) is 37.7 Å². The van der Waals surface area contributed by atoms with E-state index in [4.69, 9.17) is 4.74 Å². The number of carbonyl (C=O) groups is 1. The highest BCUT2D eigenvalue weighted by molar-refractivity contribution is 5.92. The van der Waals surface area contributed by atoms with Crippen molar-refractivity contribution in [2.45, 2.75) is 31.7 Å². The molecular weight excluding hydrogens is 254 g/mol. The van der Waals surface area contributed by atoms with Crippen molar-refractivity contribution in [1.82, 2.24) is 14.9 Å². The smallest absolute Gasteiger partial charge is 0.316 e. The van der Waals surface area contributed by atoms with E-state index in [9.17, 15) is 4.79 Å². The summed E-state index contributed by atoms with van der Waals surface area (Å²) in [5.41, 5.74) is 0.807. The second-order valence-corrected chi connectivity index (χ2v) is 5.42. The zero-order valence-electron chi connectivity index (χ0n) is 11.7. The second kappa shape index (κ2) is 5.61. The van der Waals surface area contributed by atoms with E-state index in [2.05, 4.69) is 9.97 Å². The Hall–Kier alpha value is -1.91. The van der Waals surface area contributed by atoms with Gasteiger partial charge in [0, 0.05) is 36.6 Å². The van der Waals surface area contributed by atoms with Gasteiger partial charge in [0.2, 0.25) is 5.91 Å². The van der Waals surface area contributed by atoms with Gasteiger partial charge in [-0.3, -0.25) is 4.79 Å². The number of nitrogens with zero attached hydrogens (tertiary/aromatic N) is 3. The molecule has 0 radical (unpaired) electrons. The number of carbonyl (C=O) groups excluding carboxylic acids is 1. The van der Waals surface area contributed by atoms with Crippen molar-refractivity contribution in [2.24, 2.45) is 5.92 Å². The Morgan fingerprint density at radius 2 is 2.10 bits per heavy atom. The summed E-state index contributed by atoms with van der Waals surface area (Å²) in [5, 5.41) is 0. The average Bonchev–Trinajstić information content (AvgIpc) is 3.22. The summed E-state index contributed by atoms with van der Waals surface area (Å²) in [6, 6.07) is 0.807. The number of likely N-dealkylation sites (tertiary alicyclic amines) is 1. The standard InChI is InChI=1S/C15H19N3O2/c1-20-15-16-9-11(10-17-15)4-7-14(19)18-8-2-3-13(18)12-5-6-12/h4,7,9-10,12-13H,2-3,5-6,8H2,1H3/b7-4+. The third-order valence-corrected chi connectivity index (χ3v) is 4.00. The molecule has 1 aliphatic heterocycles. The zero-order valence-corrected chi connectivity index (χ0v) is 11.7. The highest BCUT2D eigenvalue weighted by Gasteiger charge is 2.39. The van der Waals surface area contributed by atoms with Crippen molar-refractivity contribution in [1.29, 1.82) is 0 Å². The van der Waals surface area contributed by atoms with E-state index in [-0.39, 0.29) is 5.91 Å². The van der Waals surface area contributed by atoms with Gasteiger partial charge in [0.25, 0.3) is 0 Å². The van der Waals surface area contributed by atoms with Gasteiger partial charge in [-0.2, -0.15) is 0 Å². The van der Waals surface area contributed by atoms with Crippen LogP contribution < -0.4 is 4.74 Å². The molecule has 3 rings (SSSR count). The van der Waals surface area contributed by atoms with Crippen LogP contribution in [0.25, 0.3) is 6.08 Å². The fourth-order valence-corrected chi connectivity index (χ4v) is 2.82. The summed E-state index contributed by atoms with van der Waals surface area (Å²) in [7, 11) is 1.53. The fourth-order valence-electron chi connectivity index (χ4n) is 2.82. The van der Waals surface area contributed by atoms with Crippen molar-refractivity contribution in [2.75, 3.05) is 13.7 Å². The molecule has 1 aromatic rings. The maximum Gasteiger partial charge on any atom is 0.316 e. The number of aromatic nitrogens is 2. The summed E-state index contributed by atoms with van der Waals surface area (Å²) in [6.45, 7) is 0.892. The van der Waals surface area contributed by atoms with Crippen LogP contribution in [0.2, 0.25) is 0 Å². The van der Waals surface area contributed by atoms with Crippen LogP contribution in [0.3, 0.4) is 0 Å². The average molecular weight is 273 g/mol. The van der Waals surface area contributed by atoms with Crippen molar-refractivity contribution in [3.8, 4) is 6.01 Å². The van der Waals surface area contributed by atoms with Crippen LogP contribution in [0.5, 0.6) is 6.01 Å². The van der Waals surface area contributed by atoms with Crippen LogP contribution in [0.1, 0.15) is 31.2 Å². The van der Waals surface area contributed by atoms with Gasteiger partial charge >= 0.3 is 6.01 Å². The first-order valence-electron chi connectivity index (χ1n) is 7.12. The predicted octanol–water partition coefficient (Wildman–Crippen LogP) is 1.90. The molecule has 1 unspecified atom stereocenters. The molecule has 1 saturated carbocycles. The molecule has 2 heterocycles. The van der Waals surface area contributed by atoms with Gasteiger partial charge in [-0.1, -0.05) is 0 Å². The molecule has 2 fully saturated rings. The van der Waals surface area contributed by atoms with Crippen molar-refractivity contribution >= 4 is 12.0 Å². The molecule has 1 aliphatic carbocycles. The molecule has 0 aromatic carbocycles. The minimum absolute atomic E-state index is 0.107. The summed E-state index contributed by atoms with van der Waals surface area (Å²) < 4.78 is 4.90. The Kier molecular flexibility index (Phi) is 3.67. The van der Waals surface area contributed by atoms with Gasteiger partial charge in [0.1, 0.15) is 0 Å². The van der Waals surface area contributed by atoms with E-state index in [1.807, 2.05) is 4.90 Å². The van der Waals surface area contributed by atoms with Crippen molar-refractivity contribution in [3.63, 3.8) is 0 Å². The SMILES string of the molecule is COc1ncc(/C=C/C(=O)N2CCCC2C2CC2)cn1. The van der Waals surface area contributed by atoms with Gasteiger partial charge < -0.3 is 9.64 Å². The molecular formula is C15H19N3O2. The first-order valence-corrected chi connectivity index (χ1v) is 7.12. The Morgan fingerprint density at radius 1 is 1.35 bits per heavy atom. The molecule has 106 valence electrons. The van der Waals surface area contributed by atoms with E-state index in [0.717, 1.165) is 30.9 Å². The Morgan fingerprint density at radius 3 is 2.75 bits per heavy atom. The minimum atomic E-state index is 0.107. The number of hydrogen-bond donors (Lipinski definition) is 0. The number of methoxy groups -OCH3 is 1. The maximum atomic E-state index is 12.3. The van der Waals surface area contributed by atoms with Crippen molar-refractivity contribution in [3.05, 3.63) is 24.0 Å². The summed E-state index contributed by atoms with van der Waals surface area (Å²) in [6.07, 6.45) is 11.6. The lowest BCUT2D eigenvalue weighted by atomic mass is 10.1. The molecule has 0 N–H and O–H groups in total. The van der Waals surface area contributed by atoms with Gasteiger partial charge in [-0.25, -0.2) is 9.97 Å². The molecule has 2 aliphatic rings. The molecule has 20 heavy (non-hydrogen) atoms. The fraction of sp³-hybridized carbons (Fsp3) is 0.533. The lowest BCUT2D eigenvalue weighted by molar-refractivity contribution is -0.127. The monoisotopic (exact) mass is 273 g/mol. The molecule has 1 amide bonds. The highest BCUT2D eigenvalue weighted by Crippen LogP contribution is 2.40. The van der Waals surface area contributed by atoms with E-state index in [1.54, 1.807) is 24.5 Å². The number of rotatable bonds is 4. The van der Waals surface area contributed by atoms with Gasteiger partial charge in [0.15, 0.2) is 0 Å². The van der Waals surface area contributed by atoms with Gasteiger partial charge in [-0.15, -0.1) is 0 Å². The lowest BCUT2D eigenvalue weighted by Crippen LogP contribution is -2.35. The number of hydrogen-bond acceptors (Lipinski definition) is 4. The van der Waals surface area contributed by atoms with Gasteiger partial charge in [0.05, 0.1) is 7.11 Å². The third kappa shape index (κ3) is 2.81. The Labute approximate surface area is 118 Å². The van der Waals surface area contributed by atoms with Crippen molar-refractivity contribution < 1.29 is 9.53 Å². The number of ether oxygens (including phenoxy) is 1. The first-order chi connectivity index (χ1) is 9.78. The molecule has 1 atom stereocenters.